The molecule has 30 heavy (non-hydrogen) atoms. The second-order valence-corrected chi connectivity index (χ2v) is 8.37. The zero-order valence-electron chi connectivity index (χ0n) is 18.9. The molecule has 4 nitrogen and oxygen atoms in total. The highest BCUT2D eigenvalue weighted by Crippen LogP contribution is 2.23. The van der Waals surface area contributed by atoms with Gasteiger partial charge in [0.15, 0.2) is 5.78 Å². The van der Waals surface area contributed by atoms with E-state index in [-0.39, 0.29) is 11.8 Å². The summed E-state index contributed by atoms with van der Waals surface area (Å²) in [6.07, 6.45) is 19.2. The van der Waals surface area contributed by atoms with Gasteiger partial charge in [-0.25, -0.2) is 4.79 Å². The van der Waals surface area contributed by atoms with Gasteiger partial charge in [-0.1, -0.05) is 84.0 Å². The van der Waals surface area contributed by atoms with E-state index in [4.69, 9.17) is 4.74 Å². The van der Waals surface area contributed by atoms with Gasteiger partial charge in [-0.2, -0.15) is 0 Å². The Bertz CT molecular complexity index is 778. The molecule has 0 amide bonds. The van der Waals surface area contributed by atoms with Crippen LogP contribution in [0.2, 0.25) is 0 Å². The monoisotopic (exact) mass is 413 g/mol. The van der Waals surface area contributed by atoms with Crippen molar-refractivity contribution in [1.29, 1.82) is 0 Å². The number of esters is 1. The van der Waals surface area contributed by atoms with Gasteiger partial charge in [0.1, 0.15) is 0 Å². The van der Waals surface area contributed by atoms with Crippen molar-refractivity contribution in [3.05, 3.63) is 35.5 Å². The highest BCUT2D eigenvalue weighted by Gasteiger charge is 2.14. The number of hydrogen-bond acceptors (Lipinski definition) is 3. The van der Waals surface area contributed by atoms with E-state index >= 15 is 0 Å². The Balaban J connectivity index is 1.60. The van der Waals surface area contributed by atoms with Gasteiger partial charge in [-0.3, -0.25) is 4.79 Å². The van der Waals surface area contributed by atoms with E-state index in [1.54, 1.807) is 18.3 Å². The summed E-state index contributed by atoms with van der Waals surface area (Å²) in [5, 5.41) is 0.803. The van der Waals surface area contributed by atoms with Gasteiger partial charge in [0.05, 0.1) is 12.7 Å². The molecule has 2 aromatic rings. The smallest absolute Gasteiger partial charge is 0.337 e. The molecule has 0 spiro atoms. The van der Waals surface area contributed by atoms with E-state index in [0.29, 0.717) is 17.5 Å². The highest BCUT2D eigenvalue weighted by atomic mass is 16.5. The molecule has 166 valence electrons. The maximum Gasteiger partial charge on any atom is 0.337 e. The summed E-state index contributed by atoms with van der Waals surface area (Å²) in [6, 6.07) is 5.28. The number of ether oxygens (including phenoxy) is 1. The lowest BCUT2D eigenvalue weighted by molar-refractivity contribution is 0.0600. The van der Waals surface area contributed by atoms with Gasteiger partial charge in [-0.15, -0.1) is 0 Å². The average molecular weight is 414 g/mol. The number of aromatic amines is 1. The quantitative estimate of drug-likeness (QED) is 0.175. The minimum absolute atomic E-state index is 0.145. The maximum atomic E-state index is 12.6. The lowest BCUT2D eigenvalue weighted by Crippen LogP contribution is -2.02. The van der Waals surface area contributed by atoms with Crippen molar-refractivity contribution in [2.75, 3.05) is 7.11 Å². The molecular weight excluding hydrogens is 374 g/mol. The molecule has 0 bridgehead atoms. The van der Waals surface area contributed by atoms with Crippen molar-refractivity contribution in [3.8, 4) is 0 Å². The lowest BCUT2D eigenvalue weighted by atomic mass is 10.0. The number of ketones is 1. The summed E-state index contributed by atoms with van der Waals surface area (Å²) >= 11 is 0. The Morgan fingerprint density at radius 2 is 1.40 bits per heavy atom. The summed E-state index contributed by atoms with van der Waals surface area (Å²) in [6.45, 7) is 2.26. The predicted molar refractivity (Wildman–Crippen MR) is 124 cm³/mol. The number of H-pyrrole nitrogens is 1. The predicted octanol–water partition coefficient (Wildman–Crippen LogP) is 7.62. The fraction of sp³-hybridized carbons (Fsp3) is 0.615. The zero-order valence-corrected chi connectivity index (χ0v) is 18.9. The van der Waals surface area contributed by atoms with Crippen LogP contribution in [0, 0.1) is 0 Å². The molecule has 0 aliphatic rings. The molecule has 0 aliphatic carbocycles. The number of aromatic nitrogens is 1. The Hall–Kier alpha value is -2.10. The number of carbonyl (C=O) groups excluding carboxylic acids is 2. The van der Waals surface area contributed by atoms with Crippen LogP contribution in [0.5, 0.6) is 0 Å². The number of rotatable bonds is 16. The topological polar surface area (TPSA) is 59.2 Å². The first-order chi connectivity index (χ1) is 14.7. The molecule has 1 N–H and O–H groups in total. The van der Waals surface area contributed by atoms with E-state index in [1.807, 2.05) is 6.07 Å². The Morgan fingerprint density at radius 3 is 1.97 bits per heavy atom. The Labute approximate surface area is 181 Å². The van der Waals surface area contributed by atoms with Crippen LogP contribution >= 0.6 is 0 Å². The van der Waals surface area contributed by atoms with Gasteiger partial charge in [0, 0.05) is 29.1 Å². The molecule has 1 aromatic heterocycles. The third kappa shape index (κ3) is 7.97. The number of fused-ring (bicyclic) bond motifs is 1. The van der Waals surface area contributed by atoms with Crippen LogP contribution in [-0.4, -0.2) is 23.8 Å². The van der Waals surface area contributed by atoms with E-state index < -0.39 is 0 Å². The first-order valence-corrected chi connectivity index (χ1v) is 11.9. The fourth-order valence-corrected chi connectivity index (χ4v) is 4.03. The first-order valence-electron chi connectivity index (χ1n) is 11.9. The molecule has 0 saturated heterocycles. The first kappa shape index (κ1) is 24.2. The molecule has 2 rings (SSSR count). The van der Waals surface area contributed by atoms with Crippen molar-refractivity contribution in [2.24, 2.45) is 0 Å². The van der Waals surface area contributed by atoms with Crippen LogP contribution in [0.4, 0.5) is 0 Å². The number of unbranched alkanes of at least 4 members (excludes halogenated alkanes) is 12. The number of carbonyl (C=O) groups is 2. The molecule has 0 aliphatic heterocycles. The molecule has 4 heteroatoms. The van der Waals surface area contributed by atoms with Crippen molar-refractivity contribution in [3.63, 3.8) is 0 Å². The van der Waals surface area contributed by atoms with Crippen molar-refractivity contribution < 1.29 is 14.3 Å². The Kier molecular flexibility index (Phi) is 11.3. The fourth-order valence-electron chi connectivity index (χ4n) is 4.03. The van der Waals surface area contributed by atoms with E-state index in [9.17, 15) is 9.59 Å². The van der Waals surface area contributed by atoms with Gasteiger partial charge >= 0.3 is 5.97 Å². The summed E-state index contributed by atoms with van der Waals surface area (Å²) in [5.74, 6) is -0.237. The minimum Gasteiger partial charge on any atom is -0.465 e. The van der Waals surface area contributed by atoms with Gasteiger partial charge < -0.3 is 9.72 Å². The van der Waals surface area contributed by atoms with E-state index in [0.717, 1.165) is 23.7 Å². The number of methoxy groups -OCH3 is 1. The normalized spacial score (nSPS) is 11.1. The van der Waals surface area contributed by atoms with Crippen molar-refractivity contribution in [2.45, 2.75) is 96.8 Å². The number of benzene rings is 1. The molecule has 0 atom stereocenters. The molecule has 1 heterocycles. The summed E-state index contributed by atoms with van der Waals surface area (Å²) in [4.78, 5) is 27.5. The van der Waals surface area contributed by atoms with Crippen LogP contribution in [-0.2, 0) is 4.74 Å². The van der Waals surface area contributed by atoms with Crippen molar-refractivity contribution in [1.82, 2.24) is 4.98 Å². The number of Topliss-reactive ketones (excluding diaryl/α,β-unsaturated/α-hetero) is 1. The molecule has 0 radical (unpaired) electrons. The summed E-state index contributed by atoms with van der Waals surface area (Å²) in [5.41, 5.74) is 2.02. The van der Waals surface area contributed by atoms with E-state index in [2.05, 4.69) is 11.9 Å². The van der Waals surface area contributed by atoms with Crippen LogP contribution in [0.25, 0.3) is 10.9 Å². The SMILES string of the molecule is CCCCCCCCCCCCCCCC(=O)c1c[nH]c2ccc(C(=O)OC)cc12. The van der Waals surface area contributed by atoms with Crippen LogP contribution in [0.15, 0.2) is 24.4 Å². The van der Waals surface area contributed by atoms with Gasteiger partial charge in [0.25, 0.3) is 0 Å². The van der Waals surface area contributed by atoms with Gasteiger partial charge in [0.2, 0.25) is 0 Å². The molecule has 0 fully saturated rings. The second kappa shape index (κ2) is 14.0. The zero-order chi connectivity index (χ0) is 21.6. The van der Waals surface area contributed by atoms with Crippen LogP contribution < -0.4 is 0 Å². The summed E-state index contributed by atoms with van der Waals surface area (Å²) in [7, 11) is 1.37. The largest absolute Gasteiger partial charge is 0.465 e. The Morgan fingerprint density at radius 1 is 0.833 bits per heavy atom. The molecule has 0 unspecified atom stereocenters. The lowest BCUT2D eigenvalue weighted by Gasteiger charge is -2.04. The average Bonchev–Trinajstić information content (AvgIpc) is 3.19. The third-order valence-corrected chi connectivity index (χ3v) is 5.91. The molecule has 0 saturated carbocycles. The standard InChI is InChI=1S/C26H39NO3/c1-3-4-5-6-7-8-9-10-11-12-13-14-15-16-25(28)23-20-27-24-18-17-21(19-22(23)24)26(29)30-2/h17-20,27H,3-16H2,1-2H3. The number of nitrogens with one attached hydrogen (secondary N) is 1. The second-order valence-electron chi connectivity index (χ2n) is 8.37. The van der Waals surface area contributed by atoms with Crippen LogP contribution in [0.3, 0.4) is 0 Å². The summed E-state index contributed by atoms with van der Waals surface area (Å²) < 4.78 is 4.78. The highest BCUT2D eigenvalue weighted by molar-refractivity contribution is 6.09. The third-order valence-electron chi connectivity index (χ3n) is 5.91. The maximum absolute atomic E-state index is 12.6. The van der Waals surface area contributed by atoms with Crippen LogP contribution in [0.1, 0.15) is 118 Å². The molecular formula is C26H39NO3. The number of hydrogen-bond donors (Lipinski definition) is 1. The van der Waals surface area contributed by atoms with Gasteiger partial charge in [-0.05, 0) is 24.6 Å². The van der Waals surface area contributed by atoms with E-state index in [1.165, 1.54) is 77.7 Å². The molecule has 1 aromatic carbocycles. The minimum atomic E-state index is -0.381. The van der Waals surface area contributed by atoms with Crippen molar-refractivity contribution >= 4 is 22.7 Å².